The third-order valence-corrected chi connectivity index (χ3v) is 3.97. The third-order valence-electron chi connectivity index (χ3n) is 3.97. The van der Waals surface area contributed by atoms with Crippen LogP contribution in [0.3, 0.4) is 0 Å². The Balaban J connectivity index is 1.43. The molecule has 2 aromatic heterocycles. The molecule has 2 aromatic carbocycles. The first kappa shape index (κ1) is 15.9. The van der Waals surface area contributed by atoms with Crippen LogP contribution >= 0.6 is 0 Å². The Morgan fingerprint density at radius 3 is 2.38 bits per heavy atom. The average molecular weight is 344 g/mol. The van der Waals surface area contributed by atoms with Crippen molar-refractivity contribution in [2.75, 3.05) is 0 Å². The first-order valence-electron chi connectivity index (χ1n) is 8.18. The second-order valence-corrected chi connectivity index (χ2v) is 5.89. The van der Waals surface area contributed by atoms with Gasteiger partial charge in [0, 0.05) is 11.1 Å². The van der Waals surface area contributed by atoms with Gasteiger partial charge in [0.15, 0.2) is 5.78 Å². The zero-order valence-corrected chi connectivity index (χ0v) is 13.9. The number of benzene rings is 2. The van der Waals surface area contributed by atoms with Crippen molar-refractivity contribution in [1.29, 1.82) is 0 Å². The van der Waals surface area contributed by atoms with E-state index in [1.165, 1.54) is 6.33 Å². The Kier molecular flexibility index (Phi) is 4.34. The van der Waals surface area contributed by atoms with Crippen LogP contribution in [0.5, 0.6) is 0 Å². The second kappa shape index (κ2) is 7.10. The summed E-state index contributed by atoms with van der Waals surface area (Å²) in [6, 6.07) is 16.8. The van der Waals surface area contributed by atoms with Gasteiger partial charge in [-0.3, -0.25) is 4.79 Å². The Morgan fingerprint density at radius 1 is 0.885 bits per heavy atom. The van der Waals surface area contributed by atoms with E-state index < -0.39 is 0 Å². The maximum atomic E-state index is 12.4. The number of nitrogens with zero attached hydrogens (tertiary/aromatic N) is 6. The van der Waals surface area contributed by atoms with E-state index in [1.54, 1.807) is 15.7 Å². The summed E-state index contributed by atoms with van der Waals surface area (Å²) in [6.45, 7) is 1.12. The number of carbonyl (C=O) groups excluding carboxylic acids is 1. The molecular weight excluding hydrogens is 328 g/mol. The summed E-state index contributed by atoms with van der Waals surface area (Å²) >= 11 is 0. The highest BCUT2D eigenvalue weighted by Crippen LogP contribution is 2.12. The van der Waals surface area contributed by atoms with Crippen molar-refractivity contribution in [3.8, 4) is 0 Å². The third kappa shape index (κ3) is 3.56. The molecule has 0 N–H and O–H groups in total. The predicted molar refractivity (Wildman–Crippen MR) is 94.6 cm³/mol. The molecule has 7 heteroatoms. The van der Waals surface area contributed by atoms with Crippen molar-refractivity contribution in [1.82, 2.24) is 29.8 Å². The Hall–Kier alpha value is -3.61. The Labute approximate surface area is 149 Å². The van der Waals surface area contributed by atoms with E-state index in [0.29, 0.717) is 24.2 Å². The van der Waals surface area contributed by atoms with Gasteiger partial charge >= 0.3 is 0 Å². The van der Waals surface area contributed by atoms with Gasteiger partial charge in [0.25, 0.3) is 0 Å². The van der Waals surface area contributed by atoms with E-state index in [0.717, 1.165) is 11.3 Å². The minimum Gasteiger partial charge on any atom is -0.289 e. The average Bonchev–Trinajstić information content (AvgIpc) is 3.35. The van der Waals surface area contributed by atoms with Crippen molar-refractivity contribution < 1.29 is 4.79 Å². The molecule has 0 atom stereocenters. The molecule has 128 valence electrons. The van der Waals surface area contributed by atoms with Crippen molar-refractivity contribution in [3.05, 3.63) is 95.8 Å². The van der Waals surface area contributed by atoms with Gasteiger partial charge in [-0.1, -0.05) is 59.8 Å². The summed E-state index contributed by atoms with van der Waals surface area (Å²) in [5.41, 5.74) is 3.22. The van der Waals surface area contributed by atoms with E-state index >= 15 is 0 Å². The van der Waals surface area contributed by atoms with Crippen LogP contribution < -0.4 is 0 Å². The van der Waals surface area contributed by atoms with E-state index in [4.69, 9.17) is 0 Å². The van der Waals surface area contributed by atoms with E-state index in [9.17, 15) is 4.79 Å². The molecule has 2 heterocycles. The lowest BCUT2D eigenvalue weighted by Gasteiger charge is -2.04. The smallest absolute Gasteiger partial charge is 0.193 e. The van der Waals surface area contributed by atoms with Gasteiger partial charge in [0.2, 0.25) is 0 Å². The fraction of sp³-hybridized carbons (Fsp3) is 0.105. The van der Waals surface area contributed by atoms with Crippen molar-refractivity contribution in [3.63, 3.8) is 0 Å². The largest absolute Gasteiger partial charge is 0.289 e. The maximum Gasteiger partial charge on any atom is 0.193 e. The first-order valence-corrected chi connectivity index (χ1v) is 8.18. The lowest BCUT2D eigenvalue weighted by Crippen LogP contribution is -2.03. The van der Waals surface area contributed by atoms with Gasteiger partial charge in [0.05, 0.1) is 19.3 Å². The number of carbonyl (C=O) groups is 1. The van der Waals surface area contributed by atoms with E-state index in [-0.39, 0.29) is 5.78 Å². The number of rotatable bonds is 6. The summed E-state index contributed by atoms with van der Waals surface area (Å²) in [5.74, 6) is 0.0213. The van der Waals surface area contributed by atoms with Crippen molar-refractivity contribution in [2.45, 2.75) is 13.1 Å². The van der Waals surface area contributed by atoms with E-state index in [2.05, 4.69) is 20.4 Å². The number of aromatic nitrogens is 6. The van der Waals surface area contributed by atoms with Crippen LogP contribution in [0.4, 0.5) is 0 Å². The molecule has 0 aliphatic rings. The molecule has 0 unspecified atom stereocenters. The highest BCUT2D eigenvalue weighted by Gasteiger charge is 2.09. The van der Waals surface area contributed by atoms with Gasteiger partial charge in [-0.05, 0) is 5.56 Å². The molecule has 0 bridgehead atoms. The summed E-state index contributed by atoms with van der Waals surface area (Å²) in [7, 11) is 0. The lowest BCUT2D eigenvalue weighted by molar-refractivity contribution is 0.103. The van der Waals surface area contributed by atoms with Gasteiger partial charge < -0.3 is 0 Å². The molecule has 0 radical (unpaired) electrons. The monoisotopic (exact) mass is 344 g/mol. The van der Waals surface area contributed by atoms with Crippen LogP contribution in [0.15, 0.2) is 73.4 Å². The normalized spacial score (nSPS) is 10.8. The Bertz CT molecular complexity index is 990. The lowest BCUT2D eigenvalue weighted by atomic mass is 10.0. The second-order valence-electron chi connectivity index (χ2n) is 5.89. The van der Waals surface area contributed by atoms with Crippen molar-refractivity contribution >= 4 is 5.78 Å². The molecule has 0 aliphatic heterocycles. The van der Waals surface area contributed by atoms with Crippen LogP contribution in [0.2, 0.25) is 0 Å². The molecule has 0 saturated heterocycles. The highest BCUT2D eigenvalue weighted by molar-refractivity contribution is 6.08. The molecule has 4 aromatic rings. The zero-order valence-electron chi connectivity index (χ0n) is 13.9. The summed E-state index contributed by atoms with van der Waals surface area (Å²) in [4.78, 5) is 16.3. The minimum atomic E-state index is 0.0213. The fourth-order valence-electron chi connectivity index (χ4n) is 2.67. The van der Waals surface area contributed by atoms with Gasteiger partial charge in [0.1, 0.15) is 18.3 Å². The zero-order chi connectivity index (χ0) is 17.8. The molecule has 0 amide bonds. The molecule has 0 spiro atoms. The van der Waals surface area contributed by atoms with E-state index in [1.807, 2.05) is 60.8 Å². The van der Waals surface area contributed by atoms with Crippen LogP contribution in [0, 0.1) is 0 Å². The first-order chi connectivity index (χ1) is 12.8. The number of hydrogen-bond donors (Lipinski definition) is 0. The highest BCUT2D eigenvalue weighted by atomic mass is 16.1. The van der Waals surface area contributed by atoms with Crippen molar-refractivity contribution in [2.24, 2.45) is 0 Å². The number of hydrogen-bond acceptors (Lipinski definition) is 5. The summed E-state index contributed by atoms with van der Waals surface area (Å²) in [5, 5.41) is 12.3. The van der Waals surface area contributed by atoms with Crippen LogP contribution in [-0.2, 0) is 13.1 Å². The number of ketones is 1. The van der Waals surface area contributed by atoms with Gasteiger partial charge in [-0.15, -0.1) is 5.10 Å². The van der Waals surface area contributed by atoms with Crippen LogP contribution in [-0.4, -0.2) is 35.5 Å². The molecule has 26 heavy (non-hydrogen) atoms. The van der Waals surface area contributed by atoms with Crippen LogP contribution in [0.1, 0.15) is 27.2 Å². The molecule has 7 nitrogen and oxygen atoms in total. The fourth-order valence-corrected chi connectivity index (χ4v) is 2.67. The van der Waals surface area contributed by atoms with Crippen LogP contribution in [0.25, 0.3) is 0 Å². The summed E-state index contributed by atoms with van der Waals surface area (Å²) < 4.78 is 3.46. The molecule has 4 rings (SSSR count). The summed E-state index contributed by atoms with van der Waals surface area (Å²) in [6.07, 6.45) is 5.01. The predicted octanol–water partition coefficient (Wildman–Crippen LogP) is 2.20. The quantitative estimate of drug-likeness (QED) is 0.501. The maximum absolute atomic E-state index is 12.4. The molecule has 0 aliphatic carbocycles. The topological polar surface area (TPSA) is 78.5 Å². The van der Waals surface area contributed by atoms with Gasteiger partial charge in [-0.25, -0.2) is 14.3 Å². The van der Waals surface area contributed by atoms with Gasteiger partial charge in [-0.2, -0.15) is 5.10 Å². The minimum absolute atomic E-state index is 0.0213. The SMILES string of the molecule is O=C(c1ccccc1)c1ccc(Cn2cc(Cn3cncn3)nn2)cc1. The molecular formula is C19H16N6O. The standard InChI is InChI=1S/C19H16N6O/c26-19(16-4-2-1-3-5-16)17-8-6-15(7-9-17)10-24-11-18(22-23-24)12-25-14-20-13-21-25/h1-9,11,13-14H,10,12H2. The Morgan fingerprint density at radius 2 is 1.65 bits per heavy atom. The molecule has 0 fully saturated rings. The molecule has 0 saturated carbocycles.